The number of amides is 1. The Kier molecular flexibility index (Phi) is 7.87. The fourth-order valence-electron chi connectivity index (χ4n) is 2.47. The number of nitrogens with one attached hydrogen (secondary N) is 1. The fraction of sp³-hybridized carbons (Fsp3) is 0.250. The second-order valence-electron chi connectivity index (χ2n) is 6.83. The summed E-state index contributed by atoms with van der Waals surface area (Å²) in [7, 11) is 0. The van der Waals surface area contributed by atoms with Gasteiger partial charge in [0, 0.05) is 10.5 Å². The zero-order chi connectivity index (χ0) is 25.0. The number of benzene rings is 2. The third kappa shape index (κ3) is 7.26. The number of alkyl halides is 6. The molecule has 2 aromatic rings. The minimum atomic E-state index is -4.78. The average Bonchev–Trinajstić information content (AvgIpc) is 2.70. The molecule has 0 saturated heterocycles. The highest BCUT2D eigenvalue weighted by molar-refractivity contribution is 8.00. The maximum absolute atomic E-state index is 13.3. The first-order chi connectivity index (χ1) is 15.1. The van der Waals surface area contributed by atoms with E-state index in [-0.39, 0.29) is 32.8 Å². The number of hydrogen-bond acceptors (Lipinski definition) is 5. The smallest absolute Gasteiger partial charge is 0.446 e. The van der Waals surface area contributed by atoms with Gasteiger partial charge in [0.25, 0.3) is 5.91 Å². The summed E-state index contributed by atoms with van der Waals surface area (Å²) in [5.74, 6) is -1.45. The van der Waals surface area contributed by atoms with Crippen LogP contribution in [-0.4, -0.2) is 28.5 Å². The Morgan fingerprint density at radius 1 is 1.15 bits per heavy atom. The molecule has 1 amide bonds. The summed E-state index contributed by atoms with van der Waals surface area (Å²) in [6.45, 7) is 0.691. The van der Waals surface area contributed by atoms with E-state index in [1.54, 1.807) is 6.07 Å². The number of halogens is 6. The van der Waals surface area contributed by atoms with Gasteiger partial charge in [-0.3, -0.25) is 4.79 Å². The molecule has 0 bridgehead atoms. The molecule has 5 nitrogen and oxygen atoms in total. The van der Waals surface area contributed by atoms with Gasteiger partial charge < -0.3 is 15.8 Å². The highest BCUT2D eigenvalue weighted by Gasteiger charge is 2.37. The number of ether oxygens (including phenoxy) is 1. The maximum atomic E-state index is 13.3. The van der Waals surface area contributed by atoms with Gasteiger partial charge in [0.05, 0.1) is 17.2 Å². The van der Waals surface area contributed by atoms with Crippen molar-refractivity contribution in [3.63, 3.8) is 0 Å². The summed E-state index contributed by atoms with van der Waals surface area (Å²) >= 11 is 4.57. The van der Waals surface area contributed by atoms with Gasteiger partial charge >= 0.3 is 11.7 Å². The predicted molar refractivity (Wildman–Crippen MR) is 113 cm³/mol. The van der Waals surface area contributed by atoms with Crippen LogP contribution in [0.5, 0.6) is 5.75 Å². The van der Waals surface area contributed by atoms with Gasteiger partial charge in [-0.2, -0.15) is 31.6 Å². The van der Waals surface area contributed by atoms with Crippen molar-refractivity contribution in [3.05, 3.63) is 59.2 Å². The standard InChI is InChI=1S/C20H15F6N3O2S2/c1-18(17(28)32,10-31-15-8-11(9-27)2-7-14(15)19(21,22)23)29-16(30)12-3-5-13(6-4-12)33-20(24,25)26/h2-8H,10H2,1H3,(H2,28,32)(H,29,30). The number of hydrogen-bond donors (Lipinski definition) is 2. The number of thiocarbonyl (C=S) groups is 1. The number of carbonyl (C=O) groups excluding carboxylic acids is 1. The molecule has 0 aliphatic heterocycles. The molecule has 0 radical (unpaired) electrons. The van der Waals surface area contributed by atoms with Crippen LogP contribution in [0, 0.1) is 11.3 Å². The molecule has 0 aliphatic rings. The third-order valence-corrected chi connectivity index (χ3v) is 5.41. The van der Waals surface area contributed by atoms with E-state index in [4.69, 9.17) is 28.0 Å². The molecule has 0 saturated carbocycles. The number of rotatable bonds is 7. The fourth-order valence-corrected chi connectivity index (χ4v) is 3.12. The van der Waals surface area contributed by atoms with E-state index in [0.29, 0.717) is 6.07 Å². The van der Waals surface area contributed by atoms with Gasteiger partial charge in [-0.25, -0.2) is 0 Å². The first-order valence-electron chi connectivity index (χ1n) is 8.87. The lowest BCUT2D eigenvalue weighted by molar-refractivity contribution is -0.139. The zero-order valence-corrected chi connectivity index (χ0v) is 18.3. The van der Waals surface area contributed by atoms with Gasteiger partial charge in [0.1, 0.15) is 22.9 Å². The maximum Gasteiger partial charge on any atom is 0.446 e. The predicted octanol–water partition coefficient (Wildman–Crippen LogP) is 5.04. The topological polar surface area (TPSA) is 88.1 Å². The van der Waals surface area contributed by atoms with E-state index < -0.39 is 41.1 Å². The van der Waals surface area contributed by atoms with E-state index in [0.717, 1.165) is 36.4 Å². The van der Waals surface area contributed by atoms with Gasteiger partial charge in [0.2, 0.25) is 0 Å². The lowest BCUT2D eigenvalue weighted by atomic mass is 10.0. The minimum absolute atomic E-state index is 0.0357. The Labute approximate surface area is 193 Å². The molecule has 0 spiro atoms. The molecule has 2 aromatic carbocycles. The Morgan fingerprint density at radius 2 is 1.76 bits per heavy atom. The van der Waals surface area contributed by atoms with Crippen molar-refractivity contribution in [2.75, 3.05) is 6.61 Å². The quantitative estimate of drug-likeness (QED) is 0.310. The average molecular weight is 507 g/mol. The largest absolute Gasteiger partial charge is 0.490 e. The molecule has 0 fully saturated rings. The second kappa shape index (κ2) is 9.88. The molecule has 33 heavy (non-hydrogen) atoms. The van der Waals surface area contributed by atoms with Crippen molar-refractivity contribution < 1.29 is 35.9 Å². The van der Waals surface area contributed by atoms with Crippen LogP contribution >= 0.6 is 24.0 Å². The summed E-state index contributed by atoms with van der Waals surface area (Å²) < 4.78 is 82.4. The Balaban J connectivity index is 2.22. The van der Waals surface area contributed by atoms with Crippen LogP contribution in [0.1, 0.15) is 28.4 Å². The molecule has 0 aliphatic carbocycles. The van der Waals surface area contributed by atoms with Crippen LogP contribution < -0.4 is 15.8 Å². The molecule has 2 rings (SSSR count). The summed E-state index contributed by atoms with van der Waals surface area (Å²) in [6, 6.07) is 8.71. The first kappa shape index (κ1) is 26.3. The number of nitrogens with zero attached hydrogens (tertiary/aromatic N) is 1. The lowest BCUT2D eigenvalue weighted by Crippen LogP contribution is -2.58. The number of nitriles is 1. The highest BCUT2D eigenvalue weighted by atomic mass is 32.2. The van der Waals surface area contributed by atoms with Crippen molar-refractivity contribution in [3.8, 4) is 11.8 Å². The number of carbonyl (C=O) groups is 1. The molecule has 13 heteroatoms. The van der Waals surface area contributed by atoms with E-state index in [9.17, 15) is 31.1 Å². The van der Waals surface area contributed by atoms with Crippen molar-refractivity contribution in [2.24, 2.45) is 5.73 Å². The molecule has 1 atom stereocenters. The molecule has 1 unspecified atom stereocenters. The number of nitrogens with two attached hydrogens (primary N) is 1. The molecular weight excluding hydrogens is 492 g/mol. The van der Waals surface area contributed by atoms with Crippen LogP contribution in [0.15, 0.2) is 47.4 Å². The Morgan fingerprint density at radius 3 is 2.24 bits per heavy atom. The SMILES string of the molecule is CC(COc1cc(C#N)ccc1C(F)(F)F)(NC(=O)c1ccc(SC(F)(F)F)cc1)C(N)=S. The van der Waals surface area contributed by atoms with E-state index in [2.05, 4.69) is 5.32 Å². The normalized spacial score (nSPS) is 13.5. The molecule has 176 valence electrons. The summed E-state index contributed by atoms with van der Waals surface area (Å²) in [5.41, 5.74) is -1.72. The van der Waals surface area contributed by atoms with E-state index in [1.165, 1.54) is 6.92 Å². The van der Waals surface area contributed by atoms with Crippen molar-refractivity contribution in [1.82, 2.24) is 5.32 Å². The van der Waals surface area contributed by atoms with E-state index in [1.807, 2.05) is 0 Å². The second-order valence-corrected chi connectivity index (χ2v) is 8.41. The van der Waals surface area contributed by atoms with Crippen LogP contribution in [0.25, 0.3) is 0 Å². The summed E-state index contributed by atoms with van der Waals surface area (Å²) in [5, 5.41) is 11.4. The van der Waals surface area contributed by atoms with Crippen LogP contribution in [0.2, 0.25) is 0 Å². The molecule has 0 aromatic heterocycles. The molecule has 3 N–H and O–H groups in total. The van der Waals surface area contributed by atoms with Crippen LogP contribution in [0.3, 0.4) is 0 Å². The Bertz CT molecular complexity index is 1080. The highest BCUT2D eigenvalue weighted by Crippen LogP contribution is 2.38. The van der Waals surface area contributed by atoms with Gasteiger partial charge in [-0.15, -0.1) is 0 Å². The van der Waals surface area contributed by atoms with Gasteiger partial charge in [0.15, 0.2) is 0 Å². The molecular formula is C20H15F6N3O2S2. The lowest BCUT2D eigenvalue weighted by Gasteiger charge is -2.30. The van der Waals surface area contributed by atoms with Crippen LogP contribution in [0.4, 0.5) is 26.3 Å². The summed E-state index contributed by atoms with van der Waals surface area (Å²) in [4.78, 5) is 12.1. The van der Waals surface area contributed by atoms with Crippen molar-refractivity contribution >= 4 is 34.9 Å². The van der Waals surface area contributed by atoms with E-state index >= 15 is 0 Å². The monoisotopic (exact) mass is 507 g/mol. The Hall–Kier alpha value is -2.98. The van der Waals surface area contributed by atoms with Gasteiger partial charge in [-0.1, -0.05) is 12.2 Å². The van der Waals surface area contributed by atoms with Gasteiger partial charge in [-0.05, 0) is 61.2 Å². The number of thioether (sulfide) groups is 1. The van der Waals surface area contributed by atoms with Crippen molar-refractivity contribution in [1.29, 1.82) is 5.26 Å². The minimum Gasteiger partial charge on any atom is -0.490 e. The summed E-state index contributed by atoms with van der Waals surface area (Å²) in [6.07, 6.45) is -4.78. The third-order valence-electron chi connectivity index (χ3n) is 4.22. The zero-order valence-electron chi connectivity index (χ0n) is 16.7. The first-order valence-corrected chi connectivity index (χ1v) is 10.1. The van der Waals surface area contributed by atoms with Crippen LogP contribution in [-0.2, 0) is 6.18 Å². The molecule has 0 heterocycles. The van der Waals surface area contributed by atoms with Crippen molar-refractivity contribution in [2.45, 2.75) is 29.0 Å².